The van der Waals surface area contributed by atoms with E-state index in [0.717, 1.165) is 19.6 Å². The zero-order valence-corrected chi connectivity index (χ0v) is 15.1. The first-order valence-electron chi connectivity index (χ1n) is 9.00. The summed E-state index contributed by atoms with van der Waals surface area (Å²) in [6.45, 7) is 13.3. The molecule has 1 unspecified atom stereocenters. The van der Waals surface area contributed by atoms with Gasteiger partial charge in [0.2, 0.25) is 0 Å². The average Bonchev–Trinajstić information content (AvgIpc) is 2.46. The summed E-state index contributed by atoms with van der Waals surface area (Å²) in [4.78, 5) is 0. The van der Waals surface area contributed by atoms with Gasteiger partial charge in [-0.15, -0.1) is 0 Å². The van der Waals surface area contributed by atoms with Gasteiger partial charge in [-0.3, -0.25) is 0 Å². The van der Waals surface area contributed by atoms with Crippen molar-refractivity contribution in [2.45, 2.75) is 85.4 Å². The minimum atomic E-state index is -0.512. The highest BCUT2D eigenvalue weighted by molar-refractivity contribution is 4.76. The van der Waals surface area contributed by atoms with E-state index < -0.39 is 5.79 Å². The van der Waals surface area contributed by atoms with Gasteiger partial charge in [-0.1, -0.05) is 45.4 Å². The van der Waals surface area contributed by atoms with E-state index in [1.165, 1.54) is 38.5 Å². The largest absolute Gasteiger partial charge is 0.381 e. The van der Waals surface area contributed by atoms with Crippen molar-refractivity contribution in [2.75, 3.05) is 26.4 Å². The van der Waals surface area contributed by atoms with Crippen molar-refractivity contribution < 1.29 is 14.2 Å². The van der Waals surface area contributed by atoms with Gasteiger partial charge in [-0.05, 0) is 34.1 Å². The molecule has 0 fully saturated rings. The summed E-state index contributed by atoms with van der Waals surface area (Å²) < 4.78 is 17.5. The zero-order valence-electron chi connectivity index (χ0n) is 15.1. The van der Waals surface area contributed by atoms with Gasteiger partial charge >= 0.3 is 0 Å². The predicted octanol–water partition coefficient (Wildman–Crippen LogP) is 5.18. The van der Waals surface area contributed by atoms with Crippen molar-refractivity contribution in [2.24, 2.45) is 5.92 Å². The van der Waals surface area contributed by atoms with Crippen LogP contribution in [0.3, 0.4) is 0 Å². The number of ether oxygens (including phenoxy) is 3. The molecule has 0 aliphatic rings. The van der Waals surface area contributed by atoms with Crippen LogP contribution in [0.15, 0.2) is 0 Å². The summed E-state index contributed by atoms with van der Waals surface area (Å²) in [5.41, 5.74) is 0. The molecule has 0 aliphatic heterocycles. The summed E-state index contributed by atoms with van der Waals surface area (Å²) in [6.07, 6.45) is 9.02. The Bertz CT molecular complexity index is 213. The monoisotopic (exact) mass is 302 g/mol. The van der Waals surface area contributed by atoms with Crippen molar-refractivity contribution in [3.63, 3.8) is 0 Å². The van der Waals surface area contributed by atoms with Gasteiger partial charge in [-0.2, -0.15) is 0 Å². The second kappa shape index (κ2) is 13.5. The fourth-order valence-electron chi connectivity index (χ4n) is 2.78. The van der Waals surface area contributed by atoms with Crippen LogP contribution in [0.1, 0.15) is 79.6 Å². The highest BCUT2D eigenvalue weighted by Gasteiger charge is 2.35. The molecule has 21 heavy (non-hydrogen) atoms. The quantitative estimate of drug-likeness (QED) is 0.308. The summed E-state index contributed by atoms with van der Waals surface area (Å²) in [5.74, 6) is -0.203. The van der Waals surface area contributed by atoms with E-state index in [4.69, 9.17) is 14.2 Å². The van der Waals surface area contributed by atoms with Crippen LogP contribution in [-0.4, -0.2) is 32.2 Å². The van der Waals surface area contributed by atoms with E-state index in [2.05, 4.69) is 13.8 Å². The van der Waals surface area contributed by atoms with E-state index in [0.29, 0.717) is 19.1 Å². The molecule has 0 aliphatic carbocycles. The smallest absolute Gasteiger partial charge is 0.170 e. The lowest BCUT2D eigenvalue weighted by Gasteiger charge is -2.37. The van der Waals surface area contributed by atoms with E-state index in [9.17, 15) is 0 Å². The molecule has 0 bridgehead atoms. The fraction of sp³-hybridized carbons (Fsp3) is 1.00. The molecule has 0 aromatic rings. The molecule has 0 spiro atoms. The van der Waals surface area contributed by atoms with Crippen molar-refractivity contribution in [3.8, 4) is 0 Å². The topological polar surface area (TPSA) is 27.7 Å². The van der Waals surface area contributed by atoms with E-state index >= 15 is 0 Å². The first-order valence-corrected chi connectivity index (χ1v) is 9.00. The van der Waals surface area contributed by atoms with Gasteiger partial charge in [0.25, 0.3) is 0 Å². The normalized spacial score (nSPS) is 13.6. The third kappa shape index (κ3) is 9.49. The van der Waals surface area contributed by atoms with Crippen LogP contribution in [0.4, 0.5) is 0 Å². The molecular weight excluding hydrogens is 264 g/mol. The first kappa shape index (κ1) is 20.9. The maximum absolute atomic E-state index is 5.92. The number of hydrogen-bond donors (Lipinski definition) is 0. The highest BCUT2D eigenvalue weighted by atomic mass is 16.7. The lowest BCUT2D eigenvalue weighted by Crippen LogP contribution is -2.43. The standard InChI is InChI=1S/C18H38O3/c1-6-10-11-12-13-14-15-17(16-19-7-2)18(5,20-8-3)21-9-4/h17H,6-16H2,1-5H3. The SMILES string of the molecule is CCCCCCCCC(COCC)C(C)(OCC)OCC. The Morgan fingerprint density at radius 2 is 1.33 bits per heavy atom. The van der Waals surface area contributed by atoms with Gasteiger partial charge in [0, 0.05) is 25.7 Å². The molecule has 3 nitrogen and oxygen atoms in total. The van der Waals surface area contributed by atoms with Crippen molar-refractivity contribution in [1.29, 1.82) is 0 Å². The van der Waals surface area contributed by atoms with Crippen LogP contribution in [0, 0.1) is 5.92 Å². The van der Waals surface area contributed by atoms with Gasteiger partial charge in [0.05, 0.1) is 6.61 Å². The van der Waals surface area contributed by atoms with Crippen LogP contribution >= 0.6 is 0 Å². The Hall–Kier alpha value is -0.120. The lowest BCUT2D eigenvalue weighted by atomic mass is 9.93. The lowest BCUT2D eigenvalue weighted by molar-refractivity contribution is -0.260. The van der Waals surface area contributed by atoms with Crippen LogP contribution in [-0.2, 0) is 14.2 Å². The van der Waals surface area contributed by atoms with Gasteiger partial charge in [0.15, 0.2) is 5.79 Å². The molecule has 0 rings (SSSR count). The number of hydrogen-bond acceptors (Lipinski definition) is 3. The van der Waals surface area contributed by atoms with Gasteiger partial charge < -0.3 is 14.2 Å². The first-order chi connectivity index (χ1) is 10.1. The molecule has 0 amide bonds. The third-order valence-corrected chi connectivity index (χ3v) is 4.03. The molecule has 0 aromatic heterocycles. The van der Waals surface area contributed by atoms with E-state index in [-0.39, 0.29) is 0 Å². The maximum Gasteiger partial charge on any atom is 0.170 e. The second-order valence-electron chi connectivity index (χ2n) is 5.79. The Morgan fingerprint density at radius 3 is 1.86 bits per heavy atom. The predicted molar refractivity (Wildman–Crippen MR) is 89.6 cm³/mol. The molecule has 0 radical (unpaired) electrons. The number of rotatable bonds is 15. The molecule has 128 valence electrons. The molecule has 0 saturated heterocycles. The molecule has 0 heterocycles. The van der Waals surface area contributed by atoms with Crippen molar-refractivity contribution >= 4 is 0 Å². The second-order valence-corrected chi connectivity index (χ2v) is 5.79. The summed E-state index contributed by atoms with van der Waals surface area (Å²) in [6, 6.07) is 0. The fourth-order valence-corrected chi connectivity index (χ4v) is 2.78. The maximum atomic E-state index is 5.92. The Kier molecular flexibility index (Phi) is 13.5. The summed E-state index contributed by atoms with van der Waals surface area (Å²) in [5, 5.41) is 0. The minimum Gasteiger partial charge on any atom is -0.381 e. The molecule has 0 saturated carbocycles. The van der Waals surface area contributed by atoms with Crippen molar-refractivity contribution in [1.82, 2.24) is 0 Å². The summed E-state index contributed by atoms with van der Waals surface area (Å²) in [7, 11) is 0. The average molecular weight is 302 g/mol. The Balaban J connectivity index is 4.32. The molecule has 3 heteroatoms. The van der Waals surface area contributed by atoms with Crippen LogP contribution in [0.25, 0.3) is 0 Å². The third-order valence-electron chi connectivity index (χ3n) is 4.03. The van der Waals surface area contributed by atoms with Gasteiger partial charge in [-0.25, -0.2) is 0 Å². The van der Waals surface area contributed by atoms with Crippen LogP contribution in [0.2, 0.25) is 0 Å². The zero-order chi connectivity index (χ0) is 16.0. The molecule has 1 atom stereocenters. The molecular formula is C18H38O3. The molecule has 0 N–H and O–H groups in total. The van der Waals surface area contributed by atoms with Crippen molar-refractivity contribution in [3.05, 3.63) is 0 Å². The Morgan fingerprint density at radius 1 is 0.762 bits per heavy atom. The highest BCUT2D eigenvalue weighted by Crippen LogP contribution is 2.29. The van der Waals surface area contributed by atoms with E-state index in [1.54, 1.807) is 0 Å². The summed E-state index contributed by atoms with van der Waals surface area (Å²) >= 11 is 0. The van der Waals surface area contributed by atoms with Crippen LogP contribution in [0.5, 0.6) is 0 Å². The van der Waals surface area contributed by atoms with Gasteiger partial charge in [0.1, 0.15) is 0 Å². The number of unbranched alkanes of at least 4 members (excludes halogenated alkanes) is 5. The minimum absolute atomic E-state index is 0.309. The molecule has 0 aromatic carbocycles. The van der Waals surface area contributed by atoms with E-state index in [1.807, 2.05) is 20.8 Å². The van der Waals surface area contributed by atoms with Crippen LogP contribution < -0.4 is 0 Å². The Labute approximate surface area is 132 Å².